The van der Waals surface area contributed by atoms with Crippen LogP contribution in [0.4, 0.5) is 18.9 Å². The van der Waals surface area contributed by atoms with Crippen molar-refractivity contribution in [2.75, 3.05) is 11.6 Å². The predicted molar refractivity (Wildman–Crippen MR) is 94.5 cm³/mol. The molecule has 10 heteroatoms. The Bertz CT molecular complexity index is 968. The topological polar surface area (TPSA) is 89.5 Å². The number of rotatable bonds is 5. The number of nitrogens with one attached hydrogen (secondary N) is 1. The Morgan fingerprint density at radius 1 is 1.00 bits per heavy atom. The highest BCUT2D eigenvalue weighted by atomic mass is 32.2. The maximum Gasteiger partial charge on any atom is 0.416 e. The number of ether oxygens (including phenoxy) is 1. The molecule has 2 aromatic carbocycles. The third-order valence-corrected chi connectivity index (χ3v) is 4.78. The van der Waals surface area contributed by atoms with Gasteiger partial charge in [-0.1, -0.05) is 0 Å². The first-order chi connectivity index (χ1) is 12.9. The van der Waals surface area contributed by atoms with E-state index >= 15 is 0 Å². The van der Waals surface area contributed by atoms with Gasteiger partial charge in [0.2, 0.25) is 0 Å². The van der Waals surface area contributed by atoms with Gasteiger partial charge in [-0.15, -0.1) is 0 Å². The van der Waals surface area contributed by atoms with E-state index in [1.54, 1.807) is 0 Å². The minimum atomic E-state index is -4.49. The zero-order chi connectivity index (χ0) is 21.1. The van der Waals surface area contributed by atoms with Crippen molar-refractivity contribution in [3.63, 3.8) is 0 Å². The van der Waals surface area contributed by atoms with Crippen molar-refractivity contribution in [1.29, 1.82) is 0 Å². The monoisotopic (exact) mass is 415 g/mol. The van der Waals surface area contributed by atoms with Gasteiger partial charge in [0.25, 0.3) is 5.91 Å². The second-order valence-corrected chi connectivity index (χ2v) is 7.92. The number of benzene rings is 2. The van der Waals surface area contributed by atoms with Crippen LogP contribution in [0.25, 0.3) is 0 Å². The smallest absolute Gasteiger partial charge is 0.416 e. The molecule has 28 heavy (non-hydrogen) atoms. The molecule has 0 saturated heterocycles. The number of alkyl halides is 3. The summed E-state index contributed by atoms with van der Waals surface area (Å²) in [6, 6.07) is 8.76. The van der Waals surface area contributed by atoms with Gasteiger partial charge in [0.15, 0.2) is 15.9 Å². The summed E-state index contributed by atoms with van der Waals surface area (Å²) in [6.45, 7) is 1.29. The van der Waals surface area contributed by atoms with Crippen LogP contribution in [0.15, 0.2) is 53.4 Å². The lowest BCUT2D eigenvalue weighted by molar-refractivity contribution is -0.137. The summed E-state index contributed by atoms with van der Waals surface area (Å²) in [5.41, 5.74) is -0.706. The second-order valence-electron chi connectivity index (χ2n) is 5.91. The fourth-order valence-corrected chi connectivity index (χ4v) is 2.74. The van der Waals surface area contributed by atoms with Gasteiger partial charge in [-0.05, 0) is 55.5 Å². The summed E-state index contributed by atoms with van der Waals surface area (Å²) in [5, 5.41) is 2.34. The van der Waals surface area contributed by atoms with Crippen LogP contribution in [-0.4, -0.2) is 32.7 Å². The number of sulfone groups is 1. The Morgan fingerprint density at radius 2 is 1.54 bits per heavy atom. The molecule has 6 nitrogen and oxygen atoms in total. The highest BCUT2D eigenvalue weighted by Gasteiger charge is 2.30. The first kappa shape index (κ1) is 21.4. The maximum absolute atomic E-state index is 12.5. The Kier molecular flexibility index (Phi) is 6.13. The van der Waals surface area contributed by atoms with Crippen LogP contribution in [0.2, 0.25) is 0 Å². The van der Waals surface area contributed by atoms with E-state index in [0.717, 1.165) is 30.5 Å². The number of hydrogen-bond donors (Lipinski definition) is 1. The molecular formula is C18H16F3NO5S. The predicted octanol–water partition coefficient (Wildman–Crippen LogP) is 3.29. The van der Waals surface area contributed by atoms with Crippen LogP contribution < -0.4 is 5.32 Å². The molecule has 0 aromatic heterocycles. The average molecular weight is 415 g/mol. The summed E-state index contributed by atoms with van der Waals surface area (Å²) < 4.78 is 65.4. The summed E-state index contributed by atoms with van der Waals surface area (Å²) in [5.74, 6) is -1.59. The van der Waals surface area contributed by atoms with Crippen LogP contribution >= 0.6 is 0 Å². The fourth-order valence-electron chi connectivity index (χ4n) is 2.11. The molecule has 1 amide bonds. The van der Waals surface area contributed by atoms with Gasteiger partial charge in [0, 0.05) is 11.9 Å². The molecule has 1 N–H and O–H groups in total. The van der Waals surface area contributed by atoms with Crippen molar-refractivity contribution in [3.05, 3.63) is 59.7 Å². The Balaban J connectivity index is 1.99. The van der Waals surface area contributed by atoms with E-state index in [1.165, 1.54) is 31.2 Å². The van der Waals surface area contributed by atoms with E-state index in [2.05, 4.69) is 5.32 Å². The maximum atomic E-state index is 12.5. The minimum absolute atomic E-state index is 0.0251. The molecule has 150 valence electrons. The quantitative estimate of drug-likeness (QED) is 0.757. The summed E-state index contributed by atoms with van der Waals surface area (Å²) >= 11 is 0. The van der Waals surface area contributed by atoms with Crippen LogP contribution in [0, 0.1) is 0 Å². The number of hydrogen-bond acceptors (Lipinski definition) is 5. The lowest BCUT2D eigenvalue weighted by Gasteiger charge is -2.14. The Hall–Kier alpha value is -2.88. The van der Waals surface area contributed by atoms with Crippen LogP contribution in [0.5, 0.6) is 0 Å². The second kappa shape index (κ2) is 8.01. The number of halogens is 3. The molecule has 2 aromatic rings. The molecule has 0 bridgehead atoms. The van der Waals surface area contributed by atoms with Crippen molar-refractivity contribution in [1.82, 2.24) is 0 Å². The molecule has 0 aliphatic heterocycles. The molecule has 0 fully saturated rings. The number of anilines is 1. The van der Waals surface area contributed by atoms with Crippen molar-refractivity contribution in [2.45, 2.75) is 24.1 Å². The van der Waals surface area contributed by atoms with E-state index in [1.807, 2.05) is 0 Å². The molecule has 0 unspecified atom stereocenters. The highest BCUT2D eigenvalue weighted by Crippen LogP contribution is 2.29. The third kappa shape index (κ3) is 5.56. The zero-order valence-electron chi connectivity index (χ0n) is 14.8. The summed E-state index contributed by atoms with van der Waals surface area (Å²) in [6.07, 6.45) is -4.70. The highest BCUT2D eigenvalue weighted by molar-refractivity contribution is 7.90. The van der Waals surface area contributed by atoms with Gasteiger partial charge < -0.3 is 10.1 Å². The molecule has 0 aliphatic rings. The van der Waals surface area contributed by atoms with Crippen LogP contribution in [0.3, 0.4) is 0 Å². The van der Waals surface area contributed by atoms with E-state index in [4.69, 9.17) is 4.74 Å². The van der Waals surface area contributed by atoms with Crippen molar-refractivity contribution in [2.24, 2.45) is 0 Å². The number of amides is 1. The molecule has 0 heterocycles. The normalized spacial score (nSPS) is 12.9. The first-order valence-corrected chi connectivity index (χ1v) is 9.76. The summed E-state index contributed by atoms with van der Waals surface area (Å²) in [7, 11) is -3.42. The standard InChI is InChI=1S/C18H16F3NO5S/c1-11(16(23)22-14-7-5-13(6-8-14)18(19,20)21)27-17(24)12-3-9-15(10-4-12)28(2,25)26/h3-11H,1-2H3,(H,22,23)/t11-/m1/s1. The first-order valence-electron chi connectivity index (χ1n) is 7.87. The minimum Gasteiger partial charge on any atom is -0.449 e. The van der Waals surface area contributed by atoms with Gasteiger partial charge in [0.1, 0.15) is 0 Å². The van der Waals surface area contributed by atoms with Gasteiger partial charge in [-0.25, -0.2) is 13.2 Å². The summed E-state index contributed by atoms with van der Waals surface area (Å²) in [4.78, 5) is 24.1. The van der Waals surface area contributed by atoms with E-state index < -0.39 is 39.6 Å². The number of carbonyl (C=O) groups excluding carboxylic acids is 2. The van der Waals surface area contributed by atoms with E-state index in [-0.39, 0.29) is 16.1 Å². The molecule has 0 aliphatic carbocycles. The Morgan fingerprint density at radius 3 is 2.00 bits per heavy atom. The molecule has 0 spiro atoms. The Labute approximate surface area is 159 Å². The third-order valence-electron chi connectivity index (χ3n) is 3.65. The van der Waals surface area contributed by atoms with E-state index in [0.29, 0.717) is 0 Å². The van der Waals surface area contributed by atoms with Crippen molar-refractivity contribution >= 4 is 27.4 Å². The van der Waals surface area contributed by atoms with Gasteiger partial charge >= 0.3 is 12.1 Å². The van der Waals surface area contributed by atoms with Gasteiger partial charge in [0.05, 0.1) is 16.0 Å². The van der Waals surface area contributed by atoms with Crippen LogP contribution in [0.1, 0.15) is 22.8 Å². The zero-order valence-corrected chi connectivity index (χ0v) is 15.6. The van der Waals surface area contributed by atoms with E-state index in [9.17, 15) is 31.2 Å². The van der Waals surface area contributed by atoms with Crippen LogP contribution in [-0.2, 0) is 25.5 Å². The molecule has 0 radical (unpaired) electrons. The fraction of sp³-hybridized carbons (Fsp3) is 0.222. The average Bonchev–Trinajstić information content (AvgIpc) is 2.60. The van der Waals surface area contributed by atoms with Gasteiger partial charge in [-0.2, -0.15) is 13.2 Å². The molecule has 1 atom stereocenters. The lowest BCUT2D eigenvalue weighted by Crippen LogP contribution is -2.30. The number of esters is 1. The van der Waals surface area contributed by atoms with Gasteiger partial charge in [-0.3, -0.25) is 4.79 Å². The molecule has 2 rings (SSSR count). The van der Waals surface area contributed by atoms with Crippen molar-refractivity contribution < 1.29 is 35.9 Å². The SMILES string of the molecule is C[C@@H](OC(=O)c1ccc(S(C)(=O)=O)cc1)C(=O)Nc1ccc(C(F)(F)F)cc1. The molecule has 0 saturated carbocycles. The number of carbonyl (C=O) groups is 2. The van der Waals surface area contributed by atoms with Crippen molar-refractivity contribution in [3.8, 4) is 0 Å². The lowest BCUT2D eigenvalue weighted by atomic mass is 10.2. The largest absolute Gasteiger partial charge is 0.449 e. The molecular weight excluding hydrogens is 399 g/mol.